The normalized spacial score (nSPS) is 10.4. The van der Waals surface area contributed by atoms with Crippen molar-refractivity contribution in [1.82, 2.24) is 4.98 Å². The second-order valence-electron chi connectivity index (χ2n) is 5.43. The maximum atomic E-state index is 12.0. The number of ether oxygens (including phenoxy) is 1. The number of rotatable bonds is 4. The quantitative estimate of drug-likeness (QED) is 0.799. The van der Waals surface area contributed by atoms with Crippen LogP contribution < -0.4 is 0 Å². The number of aryl methyl sites for hydroxylation is 1. The number of esters is 1. The Hall–Kier alpha value is -2.42. The summed E-state index contributed by atoms with van der Waals surface area (Å²) in [5.74, 6) is -0.332. The Kier molecular flexibility index (Phi) is 4.76. The summed E-state index contributed by atoms with van der Waals surface area (Å²) in [5, 5.41) is 0. The van der Waals surface area contributed by atoms with Crippen LogP contribution in [0.15, 0.2) is 31.0 Å². The van der Waals surface area contributed by atoms with Crippen molar-refractivity contribution in [1.29, 1.82) is 0 Å². The first-order chi connectivity index (χ1) is 10.5. The fourth-order valence-electron chi connectivity index (χ4n) is 2.55. The number of pyridine rings is 1. The average Bonchev–Trinajstić information content (AvgIpc) is 2.53. The third kappa shape index (κ3) is 3.08. The van der Waals surface area contributed by atoms with Gasteiger partial charge in [-0.1, -0.05) is 18.7 Å². The van der Waals surface area contributed by atoms with Crippen molar-refractivity contribution in [2.75, 3.05) is 7.11 Å². The molecule has 1 aromatic heterocycles. The molecule has 0 saturated heterocycles. The van der Waals surface area contributed by atoms with E-state index >= 15 is 0 Å². The molecule has 2 aromatic rings. The molecule has 0 aliphatic heterocycles. The molecule has 1 heterocycles. The van der Waals surface area contributed by atoms with Gasteiger partial charge in [0.2, 0.25) is 0 Å². The van der Waals surface area contributed by atoms with Gasteiger partial charge in [-0.15, -0.1) is 0 Å². The van der Waals surface area contributed by atoms with Gasteiger partial charge in [0.15, 0.2) is 0 Å². The number of hydrogen-bond acceptors (Lipinski definition) is 3. The Morgan fingerprint density at radius 2 is 2.00 bits per heavy atom. The lowest BCUT2D eigenvalue weighted by atomic mass is 9.90. The molecule has 22 heavy (non-hydrogen) atoms. The van der Waals surface area contributed by atoms with E-state index in [1.807, 2.05) is 32.2 Å². The van der Waals surface area contributed by atoms with Crippen LogP contribution in [0.1, 0.15) is 43.9 Å². The summed E-state index contributed by atoms with van der Waals surface area (Å²) in [7, 11) is 1.40. The smallest absolute Gasteiger partial charge is 0.338 e. The van der Waals surface area contributed by atoms with Crippen LogP contribution in [0, 0.1) is 20.8 Å². The third-order valence-corrected chi connectivity index (χ3v) is 4.03. The minimum absolute atomic E-state index is 0.332. The lowest BCUT2D eigenvalue weighted by Gasteiger charge is -2.15. The van der Waals surface area contributed by atoms with Gasteiger partial charge in [0.05, 0.1) is 12.7 Å². The summed E-state index contributed by atoms with van der Waals surface area (Å²) < 4.78 is 4.90. The molecule has 1 aromatic carbocycles. The van der Waals surface area contributed by atoms with Crippen LogP contribution >= 0.6 is 0 Å². The molecule has 0 radical (unpaired) electrons. The van der Waals surface area contributed by atoms with Gasteiger partial charge < -0.3 is 4.74 Å². The summed E-state index contributed by atoms with van der Waals surface area (Å²) in [6.45, 7) is 9.86. The topological polar surface area (TPSA) is 39.2 Å². The average molecular weight is 295 g/mol. The molecular formula is C19H21NO2. The Morgan fingerprint density at radius 1 is 1.27 bits per heavy atom. The molecule has 0 fully saturated rings. The number of carbonyl (C=O) groups excluding carboxylic acids is 1. The van der Waals surface area contributed by atoms with Gasteiger partial charge in [0, 0.05) is 11.9 Å². The fourth-order valence-corrected chi connectivity index (χ4v) is 2.55. The molecule has 0 unspecified atom stereocenters. The molecule has 2 rings (SSSR count). The minimum atomic E-state index is -0.332. The van der Waals surface area contributed by atoms with Gasteiger partial charge in [-0.3, -0.25) is 4.98 Å². The number of benzene rings is 1. The van der Waals surface area contributed by atoms with Crippen molar-refractivity contribution in [2.24, 2.45) is 0 Å². The van der Waals surface area contributed by atoms with Crippen LogP contribution in [-0.2, 0) is 11.2 Å². The van der Waals surface area contributed by atoms with E-state index in [2.05, 4.69) is 24.6 Å². The van der Waals surface area contributed by atoms with Crippen LogP contribution in [0.2, 0.25) is 0 Å². The highest BCUT2D eigenvalue weighted by atomic mass is 16.5. The highest BCUT2D eigenvalue weighted by Gasteiger charge is 2.16. The van der Waals surface area contributed by atoms with E-state index in [9.17, 15) is 4.79 Å². The zero-order chi connectivity index (χ0) is 16.3. The van der Waals surface area contributed by atoms with Crippen LogP contribution in [0.5, 0.6) is 0 Å². The minimum Gasteiger partial charge on any atom is -0.465 e. The van der Waals surface area contributed by atoms with E-state index in [-0.39, 0.29) is 5.97 Å². The second-order valence-corrected chi connectivity index (χ2v) is 5.43. The predicted octanol–water partition coefficient (Wildman–Crippen LogP) is 4.03. The molecule has 0 saturated carbocycles. The van der Waals surface area contributed by atoms with Gasteiger partial charge >= 0.3 is 5.97 Å². The van der Waals surface area contributed by atoms with Crippen molar-refractivity contribution in [3.05, 3.63) is 70.0 Å². The molecule has 3 heteroatoms. The molecule has 114 valence electrons. The number of aromatic nitrogens is 1. The van der Waals surface area contributed by atoms with Crippen molar-refractivity contribution in [3.8, 4) is 0 Å². The molecule has 0 bridgehead atoms. The van der Waals surface area contributed by atoms with Crippen molar-refractivity contribution in [3.63, 3.8) is 0 Å². The first-order valence-electron chi connectivity index (χ1n) is 7.23. The molecule has 3 nitrogen and oxygen atoms in total. The summed E-state index contributed by atoms with van der Waals surface area (Å²) in [6, 6.07) is 5.97. The summed E-state index contributed by atoms with van der Waals surface area (Å²) in [5.41, 5.74) is 6.86. The van der Waals surface area contributed by atoms with E-state index in [1.54, 1.807) is 6.08 Å². The third-order valence-electron chi connectivity index (χ3n) is 4.03. The first kappa shape index (κ1) is 16.0. The number of methoxy groups -OCH3 is 1. The fraction of sp³-hybridized carbons (Fsp3) is 0.263. The van der Waals surface area contributed by atoms with Gasteiger partial charge in [-0.05, 0) is 67.1 Å². The van der Waals surface area contributed by atoms with Crippen LogP contribution in [-0.4, -0.2) is 18.1 Å². The largest absolute Gasteiger partial charge is 0.465 e. The highest BCUT2D eigenvalue weighted by Crippen LogP contribution is 2.26. The van der Waals surface area contributed by atoms with Crippen molar-refractivity contribution < 1.29 is 9.53 Å². The highest BCUT2D eigenvalue weighted by molar-refractivity contribution is 5.94. The van der Waals surface area contributed by atoms with Crippen LogP contribution in [0.3, 0.4) is 0 Å². The molecule has 0 aliphatic carbocycles. The summed E-state index contributed by atoms with van der Waals surface area (Å²) in [4.78, 5) is 16.4. The number of hydrogen-bond donors (Lipinski definition) is 0. The van der Waals surface area contributed by atoms with Crippen LogP contribution in [0.25, 0.3) is 6.08 Å². The molecule has 0 atom stereocenters. The maximum absolute atomic E-state index is 12.0. The summed E-state index contributed by atoms with van der Waals surface area (Å²) >= 11 is 0. The first-order valence-corrected chi connectivity index (χ1v) is 7.23. The second kappa shape index (κ2) is 6.56. The van der Waals surface area contributed by atoms with E-state index in [0.29, 0.717) is 5.56 Å². The molecule has 0 N–H and O–H groups in total. The Bertz CT molecular complexity index is 715. The lowest BCUT2D eigenvalue weighted by Crippen LogP contribution is -2.08. The maximum Gasteiger partial charge on any atom is 0.338 e. The van der Waals surface area contributed by atoms with Gasteiger partial charge in [0.1, 0.15) is 0 Å². The molecular weight excluding hydrogens is 274 g/mol. The van der Waals surface area contributed by atoms with E-state index in [1.165, 1.54) is 12.7 Å². The Morgan fingerprint density at radius 3 is 2.55 bits per heavy atom. The SMILES string of the molecule is C=Cc1c(C(=O)OC)cc(Cc2ccc(C)nc2)c(C)c1C. The summed E-state index contributed by atoms with van der Waals surface area (Å²) in [6.07, 6.45) is 4.33. The standard InChI is InChI=1S/C19H21NO2/c1-6-17-14(4)13(3)16(10-18(17)19(21)22-5)9-15-8-7-12(2)20-11-15/h6-8,10-11H,1,9H2,2-5H3. The zero-order valence-electron chi connectivity index (χ0n) is 13.6. The van der Waals surface area contributed by atoms with Gasteiger partial charge in [-0.2, -0.15) is 0 Å². The van der Waals surface area contributed by atoms with Gasteiger partial charge in [-0.25, -0.2) is 4.79 Å². The Labute approximate surface area is 131 Å². The number of carbonyl (C=O) groups is 1. The van der Waals surface area contributed by atoms with E-state index in [0.717, 1.165) is 34.4 Å². The molecule has 0 amide bonds. The van der Waals surface area contributed by atoms with Crippen molar-refractivity contribution in [2.45, 2.75) is 27.2 Å². The zero-order valence-corrected chi connectivity index (χ0v) is 13.6. The van der Waals surface area contributed by atoms with E-state index in [4.69, 9.17) is 4.74 Å². The molecule has 0 aliphatic rings. The van der Waals surface area contributed by atoms with Gasteiger partial charge in [0.25, 0.3) is 0 Å². The van der Waals surface area contributed by atoms with Crippen LogP contribution in [0.4, 0.5) is 0 Å². The number of nitrogens with zero attached hydrogens (tertiary/aromatic N) is 1. The lowest BCUT2D eigenvalue weighted by molar-refractivity contribution is 0.0600. The Balaban J connectivity index is 2.51. The van der Waals surface area contributed by atoms with Crippen molar-refractivity contribution >= 4 is 12.0 Å². The molecule has 0 spiro atoms. The predicted molar refractivity (Wildman–Crippen MR) is 89.1 cm³/mol. The monoisotopic (exact) mass is 295 g/mol. The van der Waals surface area contributed by atoms with E-state index < -0.39 is 0 Å².